The summed E-state index contributed by atoms with van der Waals surface area (Å²) in [7, 11) is 0. The Kier molecular flexibility index (Phi) is 4.17. The highest BCUT2D eigenvalue weighted by Gasteiger charge is 2.26. The van der Waals surface area contributed by atoms with Gasteiger partial charge in [0.2, 0.25) is 0 Å². The number of thioether (sulfide) groups is 1. The highest BCUT2D eigenvalue weighted by molar-refractivity contribution is 7.99. The fraction of sp³-hybridized carbons (Fsp3) is 0.188. The monoisotopic (exact) mass is 322 g/mol. The smallest absolute Gasteiger partial charge is 0.178 e. The SMILES string of the molecule is O=C(Cc1ccc(F)cc1Cl)C1CSc2ccccc2O1. The molecule has 0 bridgehead atoms. The zero-order chi connectivity index (χ0) is 14.8. The number of carbonyl (C=O) groups is 1. The summed E-state index contributed by atoms with van der Waals surface area (Å²) in [6.45, 7) is 0. The highest BCUT2D eigenvalue weighted by atomic mass is 35.5. The number of hydrogen-bond acceptors (Lipinski definition) is 3. The van der Waals surface area contributed by atoms with Crippen LogP contribution in [0.1, 0.15) is 5.56 Å². The molecular weight excluding hydrogens is 311 g/mol. The molecule has 0 radical (unpaired) electrons. The first-order valence-corrected chi connectivity index (χ1v) is 7.85. The van der Waals surface area contributed by atoms with Crippen molar-refractivity contribution in [2.75, 3.05) is 5.75 Å². The van der Waals surface area contributed by atoms with Gasteiger partial charge in [-0.05, 0) is 29.8 Å². The number of halogens is 2. The van der Waals surface area contributed by atoms with Crippen LogP contribution >= 0.6 is 23.4 Å². The van der Waals surface area contributed by atoms with Crippen molar-refractivity contribution in [2.45, 2.75) is 17.4 Å². The Morgan fingerprint density at radius 2 is 2.14 bits per heavy atom. The van der Waals surface area contributed by atoms with Crippen molar-refractivity contribution < 1.29 is 13.9 Å². The Hall–Kier alpha value is -1.52. The number of para-hydroxylation sites is 1. The maximum Gasteiger partial charge on any atom is 0.178 e. The van der Waals surface area contributed by atoms with Crippen molar-refractivity contribution in [3.63, 3.8) is 0 Å². The van der Waals surface area contributed by atoms with E-state index in [9.17, 15) is 9.18 Å². The summed E-state index contributed by atoms with van der Waals surface area (Å²) in [4.78, 5) is 13.4. The van der Waals surface area contributed by atoms with E-state index in [-0.39, 0.29) is 17.2 Å². The second-order valence-corrected chi connectivity index (χ2v) is 6.21. The molecule has 1 unspecified atom stereocenters. The summed E-state index contributed by atoms with van der Waals surface area (Å²) < 4.78 is 18.7. The standard InChI is InChI=1S/C16H12ClFO2S/c17-12-8-11(18)6-5-10(12)7-13(19)15-9-21-16-4-2-1-3-14(16)20-15/h1-6,8,15H,7,9H2. The molecule has 0 aromatic heterocycles. The molecule has 2 aromatic rings. The molecule has 1 atom stereocenters. The van der Waals surface area contributed by atoms with E-state index in [1.165, 1.54) is 12.1 Å². The molecule has 21 heavy (non-hydrogen) atoms. The minimum absolute atomic E-state index is 0.0505. The minimum Gasteiger partial charge on any atom is -0.481 e. The number of ether oxygens (including phenoxy) is 1. The molecule has 0 amide bonds. The van der Waals surface area contributed by atoms with Gasteiger partial charge in [0.1, 0.15) is 11.6 Å². The first-order chi connectivity index (χ1) is 10.1. The van der Waals surface area contributed by atoms with Gasteiger partial charge in [0.25, 0.3) is 0 Å². The van der Waals surface area contributed by atoms with Crippen molar-refractivity contribution in [1.82, 2.24) is 0 Å². The number of Topliss-reactive ketones (excluding diaryl/α,β-unsaturated/α-hetero) is 1. The van der Waals surface area contributed by atoms with E-state index in [1.807, 2.05) is 24.3 Å². The molecule has 0 saturated carbocycles. The van der Waals surface area contributed by atoms with Gasteiger partial charge in [-0.3, -0.25) is 4.79 Å². The van der Waals surface area contributed by atoms with Crippen LogP contribution in [0.25, 0.3) is 0 Å². The van der Waals surface area contributed by atoms with Crippen LogP contribution in [-0.4, -0.2) is 17.6 Å². The lowest BCUT2D eigenvalue weighted by Gasteiger charge is -2.24. The zero-order valence-corrected chi connectivity index (χ0v) is 12.6. The fourth-order valence-electron chi connectivity index (χ4n) is 2.14. The maximum absolute atomic E-state index is 13.0. The lowest BCUT2D eigenvalue weighted by Crippen LogP contribution is -2.33. The molecule has 2 nitrogen and oxygen atoms in total. The van der Waals surface area contributed by atoms with Crippen LogP contribution in [0, 0.1) is 5.82 Å². The Balaban J connectivity index is 1.72. The second kappa shape index (κ2) is 6.08. The molecule has 2 aromatic carbocycles. The third-order valence-corrected chi connectivity index (χ3v) is 4.72. The third-order valence-electron chi connectivity index (χ3n) is 3.25. The lowest BCUT2D eigenvalue weighted by atomic mass is 10.1. The van der Waals surface area contributed by atoms with E-state index >= 15 is 0 Å². The predicted octanol–water partition coefficient (Wildman–Crippen LogP) is 4.14. The van der Waals surface area contributed by atoms with Crippen LogP contribution in [0.3, 0.4) is 0 Å². The first-order valence-electron chi connectivity index (χ1n) is 6.48. The Labute approximate surface area is 131 Å². The average molecular weight is 323 g/mol. The van der Waals surface area contributed by atoms with Crippen LogP contribution in [0.5, 0.6) is 5.75 Å². The van der Waals surface area contributed by atoms with Gasteiger partial charge in [0.15, 0.2) is 11.9 Å². The summed E-state index contributed by atoms with van der Waals surface area (Å²) in [6.07, 6.45) is -0.349. The van der Waals surface area contributed by atoms with Crippen molar-refractivity contribution in [3.8, 4) is 5.75 Å². The topological polar surface area (TPSA) is 26.3 Å². The van der Waals surface area contributed by atoms with Crippen LogP contribution < -0.4 is 4.74 Å². The van der Waals surface area contributed by atoms with Crippen LogP contribution in [0.15, 0.2) is 47.4 Å². The molecule has 3 rings (SSSR count). The number of rotatable bonds is 3. The normalized spacial score (nSPS) is 17.0. The van der Waals surface area contributed by atoms with Gasteiger partial charge in [-0.2, -0.15) is 0 Å². The lowest BCUT2D eigenvalue weighted by molar-refractivity contribution is -0.124. The number of carbonyl (C=O) groups excluding carboxylic acids is 1. The predicted molar refractivity (Wildman–Crippen MR) is 81.7 cm³/mol. The Morgan fingerprint density at radius 1 is 1.33 bits per heavy atom. The summed E-state index contributed by atoms with van der Waals surface area (Å²) in [5, 5.41) is 0.271. The zero-order valence-electron chi connectivity index (χ0n) is 11.0. The Bertz CT molecular complexity index is 690. The number of fused-ring (bicyclic) bond motifs is 1. The van der Waals surface area contributed by atoms with Crippen molar-refractivity contribution in [1.29, 1.82) is 0 Å². The van der Waals surface area contributed by atoms with Gasteiger partial charge in [-0.15, -0.1) is 11.8 Å². The third kappa shape index (κ3) is 3.22. The van der Waals surface area contributed by atoms with Gasteiger partial charge in [0, 0.05) is 22.1 Å². The molecule has 0 fully saturated rings. The maximum atomic E-state index is 13.0. The first kappa shape index (κ1) is 14.4. The molecule has 0 aliphatic carbocycles. The van der Waals surface area contributed by atoms with Gasteiger partial charge >= 0.3 is 0 Å². The van der Waals surface area contributed by atoms with Crippen molar-refractivity contribution >= 4 is 29.1 Å². The summed E-state index contributed by atoms with van der Waals surface area (Å²) in [5.74, 6) is 0.853. The van der Waals surface area contributed by atoms with Gasteiger partial charge in [-0.1, -0.05) is 29.8 Å². The van der Waals surface area contributed by atoms with Crippen molar-refractivity contribution in [2.24, 2.45) is 0 Å². The van der Waals surface area contributed by atoms with E-state index in [0.29, 0.717) is 11.3 Å². The van der Waals surface area contributed by atoms with Gasteiger partial charge in [-0.25, -0.2) is 4.39 Å². The minimum atomic E-state index is -0.494. The molecule has 0 spiro atoms. The summed E-state index contributed by atoms with van der Waals surface area (Å²) in [5.41, 5.74) is 0.621. The van der Waals surface area contributed by atoms with Crippen LogP contribution in [-0.2, 0) is 11.2 Å². The van der Waals surface area contributed by atoms with E-state index in [4.69, 9.17) is 16.3 Å². The molecule has 1 aliphatic rings. The molecule has 108 valence electrons. The fourth-order valence-corrected chi connectivity index (χ4v) is 3.40. The molecule has 1 heterocycles. The van der Waals surface area contributed by atoms with E-state index in [2.05, 4.69) is 0 Å². The van der Waals surface area contributed by atoms with Crippen molar-refractivity contribution in [3.05, 3.63) is 58.9 Å². The average Bonchev–Trinajstić information content (AvgIpc) is 2.49. The van der Waals surface area contributed by atoms with Gasteiger partial charge < -0.3 is 4.74 Å². The van der Waals surface area contributed by atoms with E-state index < -0.39 is 11.9 Å². The van der Waals surface area contributed by atoms with E-state index in [1.54, 1.807) is 17.8 Å². The number of benzene rings is 2. The highest BCUT2D eigenvalue weighted by Crippen LogP contribution is 2.35. The molecular formula is C16H12ClFO2S. The summed E-state index contributed by atoms with van der Waals surface area (Å²) in [6, 6.07) is 11.7. The molecule has 5 heteroatoms. The Morgan fingerprint density at radius 3 is 2.95 bits per heavy atom. The largest absolute Gasteiger partial charge is 0.481 e. The molecule has 0 N–H and O–H groups in total. The summed E-state index contributed by atoms with van der Waals surface area (Å²) >= 11 is 7.56. The van der Waals surface area contributed by atoms with Gasteiger partial charge in [0.05, 0.1) is 0 Å². The number of ketones is 1. The van der Waals surface area contributed by atoms with Crippen LogP contribution in [0.2, 0.25) is 5.02 Å². The molecule has 0 saturated heterocycles. The van der Waals surface area contributed by atoms with Crippen LogP contribution in [0.4, 0.5) is 4.39 Å². The quantitative estimate of drug-likeness (QED) is 0.849. The second-order valence-electron chi connectivity index (χ2n) is 4.74. The van der Waals surface area contributed by atoms with E-state index in [0.717, 1.165) is 10.6 Å². The molecule has 1 aliphatic heterocycles. The number of hydrogen-bond donors (Lipinski definition) is 0.